The maximum atomic E-state index is 14.2. The number of hydrogen-bond acceptors (Lipinski definition) is 12. The third kappa shape index (κ3) is 6.34. The zero-order chi connectivity index (χ0) is 38.4. The minimum atomic E-state index is -2.73. The van der Waals surface area contributed by atoms with Gasteiger partial charge in [-0.05, 0) is 86.7 Å². The van der Waals surface area contributed by atoms with E-state index in [1.807, 2.05) is 42.5 Å². The summed E-state index contributed by atoms with van der Waals surface area (Å²) in [5.74, 6) is -7.11. The molecule has 0 radical (unpaired) electrons. The Hall–Kier alpha value is -5.50. The summed E-state index contributed by atoms with van der Waals surface area (Å²) in [7, 11) is 4.61. The van der Waals surface area contributed by atoms with Crippen molar-refractivity contribution in [2.75, 3.05) is 27.8 Å². The number of methoxy groups -OCH3 is 1. The molecule has 0 spiro atoms. The van der Waals surface area contributed by atoms with E-state index in [0.29, 0.717) is 28.9 Å². The van der Waals surface area contributed by atoms with E-state index in [0.717, 1.165) is 11.1 Å². The number of nitrogens with one attached hydrogen (secondary N) is 1. The van der Waals surface area contributed by atoms with Crippen molar-refractivity contribution < 1.29 is 49.1 Å². The molecule has 0 saturated heterocycles. The standard InChI is InChI=1S/C40H43N3O10/c1-5-53-39(50)27(16-20-9-7-6-8-10-20)42-19-21-11-14-29(52-4)24(15-21)23-12-13-28(44)31-25(23)17-22-18-26-33(43(2)3)35(46)32(38(41)49)37(48)40(26,51)36(47)30(22)34(31)45/h6-15,22,26-27,33,42,44-45,48,51H,5,16-19H2,1-4H3,(H2,41,49)/t22-,26-,27?,33+,40+/m1/s1. The van der Waals surface area contributed by atoms with Crippen LogP contribution in [0.25, 0.3) is 16.9 Å². The normalized spacial score (nSPS) is 22.9. The smallest absolute Gasteiger partial charge is 0.323 e. The van der Waals surface area contributed by atoms with Gasteiger partial charge in [0.25, 0.3) is 5.91 Å². The molecule has 0 bridgehead atoms. The number of esters is 1. The Balaban J connectivity index is 1.41. The Morgan fingerprint density at radius 1 is 1.02 bits per heavy atom. The Labute approximate surface area is 306 Å². The summed E-state index contributed by atoms with van der Waals surface area (Å²) in [6.45, 7) is 2.27. The zero-order valence-electron chi connectivity index (χ0n) is 29.9. The van der Waals surface area contributed by atoms with Crippen molar-refractivity contribution >= 4 is 29.2 Å². The van der Waals surface area contributed by atoms with Crippen LogP contribution in [0.4, 0.5) is 0 Å². The molecule has 6 rings (SSSR count). The fourth-order valence-corrected chi connectivity index (χ4v) is 8.14. The highest BCUT2D eigenvalue weighted by Gasteiger charge is 2.64. The molecule has 278 valence electrons. The molecule has 1 fully saturated rings. The molecule has 0 heterocycles. The number of phenolic OH excluding ortho intramolecular Hbond substituents is 1. The van der Waals surface area contributed by atoms with E-state index in [1.54, 1.807) is 33.2 Å². The first-order valence-corrected chi connectivity index (χ1v) is 17.3. The molecule has 13 nitrogen and oxygen atoms in total. The maximum Gasteiger partial charge on any atom is 0.323 e. The lowest BCUT2D eigenvalue weighted by molar-refractivity contribution is -0.153. The van der Waals surface area contributed by atoms with Crippen LogP contribution >= 0.6 is 0 Å². The fourth-order valence-electron chi connectivity index (χ4n) is 8.14. The van der Waals surface area contributed by atoms with Crippen LogP contribution in [0.2, 0.25) is 0 Å². The minimum Gasteiger partial charge on any atom is -0.508 e. The van der Waals surface area contributed by atoms with Crippen molar-refractivity contribution in [1.29, 1.82) is 0 Å². The minimum absolute atomic E-state index is 0.0328. The quantitative estimate of drug-likeness (QED) is 0.125. The zero-order valence-corrected chi connectivity index (χ0v) is 29.9. The number of carbonyl (C=O) groups is 4. The number of nitrogens with two attached hydrogens (primary N) is 1. The Morgan fingerprint density at radius 3 is 2.38 bits per heavy atom. The first-order chi connectivity index (χ1) is 25.2. The second kappa shape index (κ2) is 14.5. The average molecular weight is 726 g/mol. The summed E-state index contributed by atoms with van der Waals surface area (Å²) in [5, 5.41) is 49.2. The average Bonchev–Trinajstić information content (AvgIpc) is 3.12. The molecular weight excluding hydrogens is 682 g/mol. The second-order valence-electron chi connectivity index (χ2n) is 13.9. The Kier molecular flexibility index (Phi) is 10.2. The molecule has 1 saturated carbocycles. The highest BCUT2D eigenvalue weighted by Crippen LogP contribution is 2.54. The van der Waals surface area contributed by atoms with Gasteiger partial charge in [-0.2, -0.15) is 0 Å². The van der Waals surface area contributed by atoms with Gasteiger partial charge in [0.2, 0.25) is 5.78 Å². The summed E-state index contributed by atoms with van der Waals surface area (Å²) in [6.07, 6.45) is 0.473. The van der Waals surface area contributed by atoms with Gasteiger partial charge in [-0.1, -0.05) is 42.5 Å². The largest absolute Gasteiger partial charge is 0.508 e. The molecule has 5 atom stereocenters. The van der Waals surface area contributed by atoms with E-state index in [-0.39, 0.29) is 48.8 Å². The lowest BCUT2D eigenvalue weighted by Gasteiger charge is -2.50. The van der Waals surface area contributed by atoms with Crippen LogP contribution < -0.4 is 15.8 Å². The number of aromatic hydroxyl groups is 1. The molecule has 13 heteroatoms. The number of likely N-dealkylation sites (N-methyl/N-ethyl adjacent to an activating group) is 1. The van der Waals surface area contributed by atoms with E-state index in [1.165, 1.54) is 18.1 Å². The number of nitrogens with zero attached hydrogens (tertiary/aromatic N) is 1. The molecule has 3 aliphatic carbocycles. The number of aliphatic hydroxyl groups excluding tert-OH is 2. The van der Waals surface area contributed by atoms with Crippen LogP contribution in [0.5, 0.6) is 11.5 Å². The van der Waals surface area contributed by atoms with Crippen molar-refractivity contribution in [1.82, 2.24) is 10.2 Å². The number of aliphatic hydroxyl groups is 3. The monoisotopic (exact) mass is 725 g/mol. The van der Waals surface area contributed by atoms with Gasteiger partial charge in [0.1, 0.15) is 34.6 Å². The van der Waals surface area contributed by atoms with E-state index < -0.39 is 64.1 Å². The number of carbonyl (C=O) groups excluding carboxylic acids is 4. The molecule has 3 aromatic carbocycles. The first kappa shape index (κ1) is 37.3. The predicted octanol–water partition coefficient (Wildman–Crippen LogP) is 2.90. The maximum absolute atomic E-state index is 14.2. The van der Waals surface area contributed by atoms with Gasteiger partial charge < -0.3 is 41.0 Å². The molecular formula is C40H43N3O10. The topological polar surface area (TPSA) is 209 Å². The van der Waals surface area contributed by atoms with Crippen molar-refractivity contribution in [2.24, 2.45) is 17.6 Å². The lowest BCUT2D eigenvalue weighted by Crippen LogP contribution is -2.65. The summed E-state index contributed by atoms with van der Waals surface area (Å²) >= 11 is 0. The van der Waals surface area contributed by atoms with Gasteiger partial charge in [-0.15, -0.1) is 0 Å². The molecule has 3 aromatic rings. The van der Waals surface area contributed by atoms with Crippen LogP contribution in [0, 0.1) is 11.8 Å². The summed E-state index contributed by atoms with van der Waals surface area (Å²) in [5.41, 5.74) is 5.00. The van der Waals surface area contributed by atoms with Crippen molar-refractivity contribution in [3.8, 4) is 22.6 Å². The third-order valence-corrected chi connectivity index (χ3v) is 10.6. The number of phenols is 1. The molecule has 7 N–H and O–H groups in total. The van der Waals surface area contributed by atoms with E-state index >= 15 is 0 Å². The molecule has 1 amide bonds. The fraction of sp³-hybridized carbons (Fsp3) is 0.350. The number of fused-ring (bicyclic) bond motifs is 3. The lowest BCUT2D eigenvalue weighted by atomic mass is 9.57. The van der Waals surface area contributed by atoms with E-state index in [9.17, 15) is 39.6 Å². The molecule has 0 aromatic heterocycles. The van der Waals surface area contributed by atoms with Crippen molar-refractivity contribution in [2.45, 2.75) is 50.4 Å². The number of ether oxygens (including phenoxy) is 2. The van der Waals surface area contributed by atoms with Crippen LogP contribution in [0.1, 0.15) is 35.6 Å². The number of ketones is 2. The SMILES string of the molecule is CCOC(=O)C(Cc1ccccc1)NCc1ccc(OC)c(-c2ccc(O)c3c2C[C@@H]2C[C@@H]4[C@H](N(C)C)C(=O)C(C(N)=O)=C(O)[C@@]4(O)C(=O)C2=C3O)c1. The van der Waals surface area contributed by atoms with Crippen LogP contribution in [0.15, 0.2) is 77.6 Å². The highest BCUT2D eigenvalue weighted by atomic mass is 16.5. The number of primary amides is 1. The molecule has 3 aliphatic rings. The van der Waals surface area contributed by atoms with E-state index in [4.69, 9.17) is 15.2 Å². The van der Waals surface area contributed by atoms with Crippen LogP contribution in [0.3, 0.4) is 0 Å². The van der Waals surface area contributed by atoms with Crippen molar-refractivity contribution in [3.05, 3.63) is 99.8 Å². The number of amides is 1. The van der Waals surface area contributed by atoms with Gasteiger partial charge in [0.05, 0.1) is 25.3 Å². The predicted molar refractivity (Wildman–Crippen MR) is 194 cm³/mol. The number of rotatable bonds is 11. The molecule has 1 unspecified atom stereocenters. The van der Waals surface area contributed by atoms with Gasteiger partial charge in [0.15, 0.2) is 11.4 Å². The first-order valence-electron chi connectivity index (χ1n) is 17.3. The molecule has 0 aliphatic heterocycles. The van der Waals surface area contributed by atoms with Gasteiger partial charge in [0, 0.05) is 23.6 Å². The third-order valence-electron chi connectivity index (χ3n) is 10.6. The highest BCUT2D eigenvalue weighted by molar-refractivity contribution is 6.24. The number of hydrogen-bond donors (Lipinski definition) is 6. The summed E-state index contributed by atoms with van der Waals surface area (Å²) < 4.78 is 11.1. The summed E-state index contributed by atoms with van der Waals surface area (Å²) in [4.78, 5) is 54.4. The number of benzene rings is 3. The second-order valence-corrected chi connectivity index (χ2v) is 13.9. The molecule has 53 heavy (non-hydrogen) atoms. The van der Waals surface area contributed by atoms with Crippen molar-refractivity contribution in [3.63, 3.8) is 0 Å². The Morgan fingerprint density at radius 2 is 1.74 bits per heavy atom. The number of Topliss-reactive ketones (excluding diaryl/α,β-unsaturated/α-hetero) is 2. The van der Waals surface area contributed by atoms with Gasteiger partial charge in [-0.3, -0.25) is 24.1 Å². The summed E-state index contributed by atoms with van der Waals surface area (Å²) in [6, 6.07) is 16.3. The Bertz CT molecular complexity index is 2060. The van der Waals surface area contributed by atoms with Crippen LogP contribution in [-0.2, 0) is 43.3 Å². The van der Waals surface area contributed by atoms with Gasteiger partial charge in [-0.25, -0.2) is 0 Å². The van der Waals surface area contributed by atoms with Gasteiger partial charge >= 0.3 is 5.97 Å². The van der Waals surface area contributed by atoms with E-state index in [2.05, 4.69) is 5.32 Å². The van der Waals surface area contributed by atoms with Crippen LogP contribution in [-0.4, -0.2) is 94.3 Å².